The highest BCUT2D eigenvalue weighted by Crippen LogP contribution is 2.20. The van der Waals surface area contributed by atoms with Crippen LogP contribution in [-0.2, 0) is 7.05 Å². The molecule has 0 bridgehead atoms. The summed E-state index contributed by atoms with van der Waals surface area (Å²) in [5.41, 5.74) is 2.23. The van der Waals surface area contributed by atoms with Gasteiger partial charge in [-0.2, -0.15) is 0 Å². The van der Waals surface area contributed by atoms with Gasteiger partial charge >= 0.3 is 0 Å². The largest absolute Gasteiger partial charge is 0.336 e. The minimum Gasteiger partial charge on any atom is -0.336 e. The topological polar surface area (TPSA) is 42.7 Å². The zero-order chi connectivity index (χ0) is 12.3. The van der Waals surface area contributed by atoms with Gasteiger partial charge in [-0.1, -0.05) is 6.92 Å². The van der Waals surface area contributed by atoms with E-state index in [0.29, 0.717) is 0 Å². The van der Waals surface area contributed by atoms with Gasteiger partial charge in [0.2, 0.25) is 0 Å². The van der Waals surface area contributed by atoms with E-state index in [4.69, 9.17) is 0 Å². The molecule has 0 saturated heterocycles. The second kappa shape index (κ2) is 5.10. The summed E-state index contributed by atoms with van der Waals surface area (Å²) >= 11 is 0. The molecule has 2 heterocycles. The number of nitrogens with zero attached hydrogens (tertiary/aromatic N) is 3. The Morgan fingerprint density at radius 1 is 1.35 bits per heavy atom. The van der Waals surface area contributed by atoms with Gasteiger partial charge in [-0.25, -0.2) is 4.98 Å². The van der Waals surface area contributed by atoms with Crippen molar-refractivity contribution in [2.24, 2.45) is 7.05 Å². The normalized spacial score (nSPS) is 12.6. The van der Waals surface area contributed by atoms with Crippen LogP contribution >= 0.6 is 0 Å². The van der Waals surface area contributed by atoms with Crippen molar-refractivity contribution in [3.8, 4) is 0 Å². The van der Waals surface area contributed by atoms with Crippen LogP contribution in [0.4, 0.5) is 0 Å². The summed E-state index contributed by atoms with van der Waals surface area (Å²) in [6.07, 6.45) is 5.64. The highest BCUT2D eigenvalue weighted by Gasteiger charge is 2.17. The maximum absolute atomic E-state index is 4.42. The first-order chi connectivity index (χ1) is 8.22. The van der Waals surface area contributed by atoms with Gasteiger partial charge < -0.3 is 9.88 Å². The number of hydrogen-bond donors (Lipinski definition) is 1. The van der Waals surface area contributed by atoms with Gasteiger partial charge in [0, 0.05) is 31.3 Å². The molecular weight excluding hydrogens is 212 g/mol. The zero-order valence-corrected chi connectivity index (χ0v) is 10.5. The molecule has 0 radical (unpaired) electrons. The summed E-state index contributed by atoms with van der Waals surface area (Å²) < 4.78 is 2.04. The molecule has 4 heteroatoms. The summed E-state index contributed by atoms with van der Waals surface area (Å²) in [5.74, 6) is 1.03. The zero-order valence-electron chi connectivity index (χ0n) is 10.5. The number of aryl methyl sites for hydroxylation is 2. The van der Waals surface area contributed by atoms with Gasteiger partial charge in [0.15, 0.2) is 0 Å². The van der Waals surface area contributed by atoms with E-state index in [1.165, 1.54) is 5.56 Å². The molecule has 90 valence electrons. The molecule has 0 aliphatic carbocycles. The van der Waals surface area contributed by atoms with Crippen LogP contribution in [0.2, 0.25) is 0 Å². The Bertz CT molecular complexity index is 490. The molecule has 2 rings (SSSR count). The predicted molar refractivity (Wildman–Crippen MR) is 67.7 cm³/mol. The Labute approximate surface area is 102 Å². The molecule has 0 aliphatic heterocycles. The first kappa shape index (κ1) is 11.8. The average molecular weight is 230 g/mol. The fourth-order valence-corrected chi connectivity index (χ4v) is 1.96. The van der Waals surface area contributed by atoms with Crippen LogP contribution in [0.25, 0.3) is 0 Å². The van der Waals surface area contributed by atoms with E-state index in [0.717, 1.165) is 18.1 Å². The highest BCUT2D eigenvalue weighted by atomic mass is 15.1. The second-order valence-corrected chi connectivity index (χ2v) is 4.12. The predicted octanol–water partition coefficient (Wildman–Crippen LogP) is 1.82. The number of aromatic nitrogens is 3. The summed E-state index contributed by atoms with van der Waals surface area (Å²) in [5, 5.41) is 3.46. The third-order valence-corrected chi connectivity index (χ3v) is 2.78. The Hall–Kier alpha value is -1.68. The number of imidazole rings is 1. The van der Waals surface area contributed by atoms with Crippen molar-refractivity contribution >= 4 is 0 Å². The maximum atomic E-state index is 4.42. The van der Waals surface area contributed by atoms with Crippen molar-refractivity contribution in [1.29, 1.82) is 0 Å². The number of pyridine rings is 1. The third-order valence-electron chi connectivity index (χ3n) is 2.78. The van der Waals surface area contributed by atoms with Crippen LogP contribution in [-0.4, -0.2) is 21.1 Å². The Morgan fingerprint density at radius 2 is 2.18 bits per heavy atom. The standard InChI is InChI=1S/C13H18N4/c1-4-14-12(13-16-7-8-17(13)3)11-5-6-15-10(2)9-11/h5-9,12,14H,4H2,1-3H3. The summed E-state index contributed by atoms with van der Waals surface area (Å²) in [6.45, 7) is 5.01. The fraction of sp³-hybridized carbons (Fsp3) is 0.385. The quantitative estimate of drug-likeness (QED) is 0.871. The van der Waals surface area contributed by atoms with Gasteiger partial charge in [-0.05, 0) is 31.2 Å². The van der Waals surface area contributed by atoms with Gasteiger partial charge in [-0.15, -0.1) is 0 Å². The molecule has 0 fully saturated rings. The van der Waals surface area contributed by atoms with Crippen LogP contribution in [0.5, 0.6) is 0 Å². The van der Waals surface area contributed by atoms with Crippen molar-refractivity contribution in [3.63, 3.8) is 0 Å². The Morgan fingerprint density at radius 3 is 2.76 bits per heavy atom. The lowest BCUT2D eigenvalue weighted by atomic mass is 10.1. The molecule has 1 unspecified atom stereocenters. The molecule has 4 nitrogen and oxygen atoms in total. The van der Waals surface area contributed by atoms with Crippen LogP contribution in [0.15, 0.2) is 30.7 Å². The summed E-state index contributed by atoms with van der Waals surface area (Å²) in [7, 11) is 2.01. The molecule has 0 aliphatic rings. The molecule has 17 heavy (non-hydrogen) atoms. The monoisotopic (exact) mass is 230 g/mol. The average Bonchev–Trinajstić information content (AvgIpc) is 2.72. The van der Waals surface area contributed by atoms with Gasteiger partial charge in [0.05, 0.1) is 6.04 Å². The lowest BCUT2D eigenvalue weighted by Crippen LogP contribution is -2.24. The minimum atomic E-state index is 0.127. The van der Waals surface area contributed by atoms with Crippen molar-refractivity contribution in [3.05, 3.63) is 47.8 Å². The summed E-state index contributed by atoms with van der Waals surface area (Å²) in [4.78, 5) is 8.65. The molecule has 2 aromatic rings. The van der Waals surface area contributed by atoms with Gasteiger partial charge in [0.25, 0.3) is 0 Å². The van der Waals surface area contributed by atoms with E-state index in [-0.39, 0.29) is 6.04 Å². The third kappa shape index (κ3) is 2.53. The second-order valence-electron chi connectivity index (χ2n) is 4.12. The number of rotatable bonds is 4. The minimum absolute atomic E-state index is 0.127. The van der Waals surface area contributed by atoms with Crippen molar-refractivity contribution < 1.29 is 0 Å². The molecule has 0 amide bonds. The van der Waals surface area contributed by atoms with Crippen molar-refractivity contribution in [1.82, 2.24) is 19.9 Å². The first-order valence-electron chi connectivity index (χ1n) is 5.85. The first-order valence-corrected chi connectivity index (χ1v) is 5.85. The fourth-order valence-electron chi connectivity index (χ4n) is 1.96. The highest BCUT2D eigenvalue weighted by molar-refractivity contribution is 5.25. The van der Waals surface area contributed by atoms with Crippen LogP contribution in [0.3, 0.4) is 0 Å². The molecule has 0 spiro atoms. The smallest absolute Gasteiger partial charge is 0.130 e. The SMILES string of the molecule is CCNC(c1ccnc(C)c1)c1nccn1C. The molecule has 0 saturated carbocycles. The van der Waals surface area contributed by atoms with E-state index in [9.17, 15) is 0 Å². The van der Waals surface area contributed by atoms with Gasteiger partial charge in [0.1, 0.15) is 5.82 Å². The summed E-state index contributed by atoms with van der Waals surface area (Å²) in [6, 6.07) is 4.26. The van der Waals surface area contributed by atoms with E-state index in [1.807, 2.05) is 43.2 Å². The van der Waals surface area contributed by atoms with Crippen LogP contribution in [0.1, 0.15) is 30.0 Å². The molecule has 1 atom stereocenters. The van der Waals surface area contributed by atoms with Crippen molar-refractivity contribution in [2.75, 3.05) is 6.54 Å². The molecule has 0 aromatic carbocycles. The van der Waals surface area contributed by atoms with Crippen LogP contribution in [0, 0.1) is 6.92 Å². The van der Waals surface area contributed by atoms with Crippen molar-refractivity contribution in [2.45, 2.75) is 19.9 Å². The number of hydrogen-bond acceptors (Lipinski definition) is 3. The Balaban J connectivity index is 2.39. The Kier molecular flexibility index (Phi) is 3.54. The molecular formula is C13H18N4. The molecule has 2 aromatic heterocycles. The van der Waals surface area contributed by atoms with Crippen LogP contribution < -0.4 is 5.32 Å². The maximum Gasteiger partial charge on any atom is 0.130 e. The van der Waals surface area contributed by atoms with E-state index in [1.54, 1.807) is 0 Å². The molecule has 1 N–H and O–H groups in total. The number of nitrogens with one attached hydrogen (secondary N) is 1. The van der Waals surface area contributed by atoms with Gasteiger partial charge in [-0.3, -0.25) is 4.98 Å². The lowest BCUT2D eigenvalue weighted by Gasteiger charge is -2.18. The lowest BCUT2D eigenvalue weighted by molar-refractivity contribution is 0.576. The van der Waals surface area contributed by atoms with E-state index < -0.39 is 0 Å². The van der Waals surface area contributed by atoms with E-state index in [2.05, 4.69) is 28.3 Å². The van der Waals surface area contributed by atoms with E-state index >= 15 is 0 Å².